The summed E-state index contributed by atoms with van der Waals surface area (Å²) in [6.45, 7) is 2.85. The van der Waals surface area contributed by atoms with E-state index in [1.165, 1.54) is 24.7 Å². The summed E-state index contributed by atoms with van der Waals surface area (Å²) in [6.07, 6.45) is 8.21. The smallest absolute Gasteiger partial charge is 0.245 e. The number of phenols is 1. The first-order chi connectivity index (χ1) is 45.6. The minimum atomic E-state index is -1.71. The molecule has 9 unspecified atom stereocenters. The second-order valence-electron chi connectivity index (χ2n) is 24.8. The van der Waals surface area contributed by atoms with Crippen LogP contribution in [0.15, 0.2) is 103 Å². The van der Waals surface area contributed by atoms with Gasteiger partial charge in [0.2, 0.25) is 47.3 Å². The number of phenolic OH excluding ortho intramolecular Hbond substituents is 1. The number of amides is 8. The zero-order valence-corrected chi connectivity index (χ0v) is 53.3. The minimum absolute atomic E-state index is 0.0121. The van der Waals surface area contributed by atoms with Gasteiger partial charge in [0.05, 0.1) is 56.1 Å². The number of aliphatic hydroxyl groups is 1. The number of H-pyrrole nitrogens is 3. The number of aromatic amines is 3. The summed E-state index contributed by atoms with van der Waals surface area (Å²) < 4.78 is 0. The standard InChI is InChI=1S/C66H87N17O12/c1-37(2)23-51(61(91)79-49(13-7-21-71-66(68)69)57(87)34-83-22-8-14-55(83)65(95)75-33-58(67)88)74-32-43(26-40-29-72-47-11-5-3-9-45(40)47)77-62(92)52(24-38-15-17-44(85)18-16-38)81-64(94)54(35-84)82-63(93)53(27-41-30-73-48-12-6-4-10-46(41)48)80-60(90)39(25-42-31-70-36-76-42)28-56(86)50-19-20-59(89)78-50/h3-6,9-12,15-18,29-31,36-37,39,43,49-55,72-74,84-85H,7-8,13-14,19-28,32-35H2,1-2H3,(H2,67,88)(H,70,76)(H,75,95)(H,77,92)(H,78,89)(H,79,91)(H,80,90)(H,81,94)(H,82,93)(H4,68,69,71). The van der Waals surface area contributed by atoms with E-state index >= 15 is 4.79 Å². The number of rotatable bonds is 37. The number of aliphatic imine (C=N–C) groups is 1. The first-order valence-corrected chi connectivity index (χ1v) is 32.0. The fourth-order valence-electron chi connectivity index (χ4n) is 12.1. The number of aliphatic hydroxyl groups excluding tert-OH is 1. The molecule has 3 aromatic carbocycles. The number of carbonyl (C=O) groups is 10. The zero-order chi connectivity index (χ0) is 68.1. The molecule has 8 rings (SSSR count). The van der Waals surface area contributed by atoms with E-state index in [1.54, 1.807) is 29.3 Å². The molecule has 2 aliphatic rings. The number of nitrogens with zero attached hydrogens (tertiary/aromatic N) is 3. The Bertz CT molecular complexity index is 3680. The number of benzene rings is 3. The van der Waals surface area contributed by atoms with E-state index in [1.807, 2.05) is 62.5 Å². The molecule has 29 heteroatoms. The average Bonchev–Trinajstić information content (AvgIpc) is 1.75. The van der Waals surface area contributed by atoms with Gasteiger partial charge in [-0.15, -0.1) is 0 Å². The maximum atomic E-state index is 15.1. The van der Waals surface area contributed by atoms with Gasteiger partial charge in [0, 0.05) is 97.3 Å². The molecule has 9 atom stereocenters. The highest BCUT2D eigenvalue weighted by Gasteiger charge is 2.38. The van der Waals surface area contributed by atoms with Crippen molar-refractivity contribution in [3.63, 3.8) is 0 Å². The predicted octanol–water partition coefficient (Wildman–Crippen LogP) is -0.688. The van der Waals surface area contributed by atoms with E-state index in [0.29, 0.717) is 42.6 Å². The molecule has 0 radical (unpaired) electrons. The Hall–Kier alpha value is -10.00. The number of Topliss-reactive ketones (excluding diaryl/α,β-unsaturated/α-hetero) is 2. The lowest BCUT2D eigenvalue weighted by molar-refractivity contribution is -0.135. The number of likely N-dealkylation sites (tertiary alicyclic amines) is 1. The molecule has 6 aromatic rings. The number of aromatic nitrogens is 4. The summed E-state index contributed by atoms with van der Waals surface area (Å²) >= 11 is 0. The normalized spacial score (nSPS) is 16.9. The number of guanidine groups is 1. The number of hydrogen-bond acceptors (Lipinski definition) is 16. The molecule has 2 saturated heterocycles. The summed E-state index contributed by atoms with van der Waals surface area (Å²) in [4.78, 5) is 157. The molecule has 5 heterocycles. The Balaban J connectivity index is 1.03. The van der Waals surface area contributed by atoms with E-state index in [4.69, 9.17) is 17.2 Å². The van der Waals surface area contributed by atoms with Crippen molar-refractivity contribution in [3.05, 3.63) is 120 Å². The molecule has 95 heavy (non-hydrogen) atoms. The fraction of sp³-hybridized carbons (Fsp3) is 0.455. The number of imidazole rings is 1. The van der Waals surface area contributed by atoms with Gasteiger partial charge in [0.15, 0.2) is 17.5 Å². The van der Waals surface area contributed by atoms with Crippen LogP contribution in [-0.2, 0) is 73.6 Å². The monoisotopic (exact) mass is 1310 g/mol. The van der Waals surface area contributed by atoms with Crippen molar-refractivity contribution in [2.24, 2.45) is 34.0 Å². The number of primary amides is 1. The number of nitrogens with one attached hydrogen (secondary N) is 11. The molecule has 2 aliphatic heterocycles. The zero-order valence-electron chi connectivity index (χ0n) is 53.3. The molecule has 19 N–H and O–H groups in total. The van der Waals surface area contributed by atoms with Crippen molar-refractivity contribution in [2.75, 3.05) is 39.3 Å². The van der Waals surface area contributed by atoms with Gasteiger partial charge in [-0.3, -0.25) is 57.8 Å². The number of carbonyl (C=O) groups excluding carboxylic acids is 10. The average molecular weight is 1310 g/mol. The molecule has 0 spiro atoms. The van der Waals surface area contributed by atoms with Crippen molar-refractivity contribution >= 4 is 86.6 Å². The SMILES string of the molecule is CC(C)CC(NCC(Cc1c[nH]c2ccccc12)NC(=O)C(Cc1ccc(O)cc1)NC(=O)C(CO)NC(=O)C(Cc1c[nH]c2ccccc12)NC(=O)C(CC(=O)C1CCC(=O)N1)Cc1cnc[nH]1)C(=O)NC(CCCN=C(N)N)C(=O)CN1CCCC1C(=O)NCC(N)=O. The van der Waals surface area contributed by atoms with E-state index in [9.17, 15) is 53.4 Å². The van der Waals surface area contributed by atoms with Crippen molar-refractivity contribution in [2.45, 2.75) is 139 Å². The Labute approximate surface area is 548 Å². The summed E-state index contributed by atoms with van der Waals surface area (Å²) in [5.41, 5.74) is 20.5. The highest BCUT2D eigenvalue weighted by atomic mass is 16.3. The molecular formula is C66H87N17O12. The van der Waals surface area contributed by atoms with Gasteiger partial charge in [-0.05, 0) is 98.4 Å². The minimum Gasteiger partial charge on any atom is -0.508 e. The third kappa shape index (κ3) is 20.7. The Kier molecular flexibility index (Phi) is 25.5. The van der Waals surface area contributed by atoms with Gasteiger partial charge in [0.25, 0.3) is 0 Å². The number of hydrogen-bond donors (Lipinski definition) is 16. The summed E-state index contributed by atoms with van der Waals surface area (Å²) in [7, 11) is 0. The maximum absolute atomic E-state index is 15.1. The van der Waals surface area contributed by atoms with Crippen LogP contribution in [0.5, 0.6) is 5.75 Å². The predicted molar refractivity (Wildman–Crippen MR) is 352 cm³/mol. The van der Waals surface area contributed by atoms with Crippen LogP contribution >= 0.6 is 0 Å². The Morgan fingerprint density at radius 1 is 0.716 bits per heavy atom. The lowest BCUT2D eigenvalue weighted by Gasteiger charge is -2.29. The fourth-order valence-corrected chi connectivity index (χ4v) is 12.1. The van der Waals surface area contributed by atoms with Crippen LogP contribution in [0.25, 0.3) is 21.8 Å². The van der Waals surface area contributed by atoms with E-state index in [-0.39, 0.29) is 119 Å². The van der Waals surface area contributed by atoms with Crippen molar-refractivity contribution in [1.82, 2.24) is 67.4 Å². The van der Waals surface area contributed by atoms with Crippen molar-refractivity contribution in [1.29, 1.82) is 0 Å². The van der Waals surface area contributed by atoms with Gasteiger partial charge < -0.3 is 84.9 Å². The molecule has 29 nitrogen and oxygen atoms in total. The largest absolute Gasteiger partial charge is 0.508 e. The van der Waals surface area contributed by atoms with Crippen LogP contribution in [0.4, 0.5) is 0 Å². The van der Waals surface area contributed by atoms with Crippen LogP contribution in [0, 0.1) is 11.8 Å². The van der Waals surface area contributed by atoms with Gasteiger partial charge in [-0.25, -0.2) is 4.98 Å². The molecule has 8 amide bonds. The third-order valence-corrected chi connectivity index (χ3v) is 17.0. The summed E-state index contributed by atoms with van der Waals surface area (Å²) in [6, 6.07) is 11.9. The lowest BCUT2D eigenvalue weighted by Crippen LogP contribution is -2.60. The second-order valence-corrected chi connectivity index (χ2v) is 24.8. The summed E-state index contributed by atoms with van der Waals surface area (Å²) in [5.74, 6) is -7.32. The molecule has 0 aliphatic carbocycles. The van der Waals surface area contributed by atoms with Gasteiger partial charge in [-0.2, -0.15) is 0 Å². The molecule has 508 valence electrons. The van der Waals surface area contributed by atoms with Crippen LogP contribution in [0.2, 0.25) is 0 Å². The maximum Gasteiger partial charge on any atom is 0.245 e. The topological polar surface area (TPSA) is 461 Å². The quantitative estimate of drug-likeness (QED) is 0.0130. The van der Waals surface area contributed by atoms with Crippen LogP contribution in [-0.4, -0.2) is 187 Å². The van der Waals surface area contributed by atoms with E-state index in [2.05, 4.69) is 67.5 Å². The molecule has 0 bridgehead atoms. The number of fused-ring (bicyclic) bond motifs is 2. The second kappa shape index (κ2) is 34.2. The molecule has 0 saturated carbocycles. The molecule has 3 aromatic heterocycles. The molecular weight excluding hydrogens is 1220 g/mol. The van der Waals surface area contributed by atoms with Gasteiger partial charge >= 0.3 is 0 Å². The number of para-hydroxylation sites is 2. The Morgan fingerprint density at radius 2 is 1.34 bits per heavy atom. The lowest BCUT2D eigenvalue weighted by atomic mass is 9.92. The van der Waals surface area contributed by atoms with Crippen molar-refractivity contribution in [3.8, 4) is 5.75 Å². The van der Waals surface area contributed by atoms with E-state index < -0.39 is 102 Å². The third-order valence-electron chi connectivity index (χ3n) is 17.0. The number of ketones is 2. The highest BCUT2D eigenvalue weighted by molar-refractivity contribution is 5.98. The molecule has 2 fully saturated rings. The van der Waals surface area contributed by atoms with Crippen LogP contribution < -0.4 is 59.7 Å². The number of nitrogens with two attached hydrogens (primary N) is 3. The Morgan fingerprint density at radius 3 is 1.97 bits per heavy atom. The number of aromatic hydroxyl groups is 1. The summed E-state index contributed by atoms with van der Waals surface area (Å²) in [5, 5.41) is 45.5. The first-order valence-electron chi connectivity index (χ1n) is 32.0. The van der Waals surface area contributed by atoms with Gasteiger partial charge in [-0.1, -0.05) is 62.4 Å². The highest BCUT2D eigenvalue weighted by Crippen LogP contribution is 2.24. The van der Waals surface area contributed by atoms with Crippen LogP contribution in [0.1, 0.15) is 87.6 Å². The first kappa shape index (κ1) is 70.9. The van der Waals surface area contributed by atoms with Crippen molar-refractivity contribution < 1.29 is 58.2 Å². The van der Waals surface area contributed by atoms with Crippen LogP contribution in [0.3, 0.4) is 0 Å². The van der Waals surface area contributed by atoms with E-state index in [0.717, 1.165) is 27.4 Å². The van der Waals surface area contributed by atoms with Gasteiger partial charge in [0.1, 0.15) is 23.9 Å².